The number of benzene rings is 2. The predicted molar refractivity (Wildman–Crippen MR) is 71.0 cm³/mol. The second-order valence-corrected chi connectivity index (χ2v) is 4.42. The van der Waals surface area contributed by atoms with Gasteiger partial charge in [-0.1, -0.05) is 18.2 Å². The lowest BCUT2D eigenvalue weighted by Gasteiger charge is -1.99. The van der Waals surface area contributed by atoms with E-state index in [0.717, 1.165) is 11.3 Å². The van der Waals surface area contributed by atoms with Crippen LogP contribution in [0.15, 0.2) is 42.5 Å². The van der Waals surface area contributed by atoms with Crippen molar-refractivity contribution < 1.29 is 24.4 Å². The number of rotatable bonds is 0. The molecular weight excluding hydrogens is 260 g/mol. The molecule has 4 rings (SSSR count). The van der Waals surface area contributed by atoms with Gasteiger partial charge in [0.05, 0.1) is 0 Å². The van der Waals surface area contributed by atoms with Crippen molar-refractivity contribution in [3.63, 3.8) is 0 Å². The molecule has 2 N–H and O–H groups in total. The van der Waals surface area contributed by atoms with E-state index in [1.54, 1.807) is 12.1 Å². The Morgan fingerprint density at radius 3 is 2.60 bits per heavy atom. The van der Waals surface area contributed by atoms with Crippen molar-refractivity contribution in [2.24, 2.45) is 0 Å². The molecule has 0 radical (unpaired) electrons. The van der Waals surface area contributed by atoms with Gasteiger partial charge in [0.1, 0.15) is 11.5 Å². The van der Waals surface area contributed by atoms with Crippen molar-refractivity contribution in [1.82, 2.24) is 0 Å². The highest BCUT2D eigenvalue weighted by molar-refractivity contribution is 5.46. The van der Waals surface area contributed by atoms with Gasteiger partial charge in [0.2, 0.25) is 13.1 Å². The standard InChI is InChI=1S/C8H8O2.C7H6O3/c9-8-5-6-3-1-2-4-7(6)10-8;8-5-1-2-6-7(3-5)10-4-9-6/h1-4,8-9H,5H2;1-3,8H,4H2. The average molecular weight is 274 g/mol. The number of phenolic OH excluding ortho intramolecular Hbond substituents is 1. The third-order valence-corrected chi connectivity index (χ3v) is 2.99. The summed E-state index contributed by atoms with van der Waals surface area (Å²) in [6.07, 6.45) is -0.00620. The van der Waals surface area contributed by atoms with Crippen molar-refractivity contribution in [3.8, 4) is 23.0 Å². The Hall–Kier alpha value is -2.40. The molecule has 104 valence electrons. The molecular formula is C15H14O5. The molecule has 5 nitrogen and oxygen atoms in total. The molecule has 0 amide bonds. The quantitative estimate of drug-likeness (QED) is 0.769. The van der Waals surface area contributed by atoms with Gasteiger partial charge >= 0.3 is 0 Å². The number of hydrogen-bond acceptors (Lipinski definition) is 5. The second kappa shape index (κ2) is 5.30. The zero-order chi connectivity index (χ0) is 13.9. The fourth-order valence-corrected chi connectivity index (χ4v) is 2.05. The van der Waals surface area contributed by atoms with Crippen LogP contribution in [0, 0.1) is 0 Å². The van der Waals surface area contributed by atoms with Crippen LogP contribution in [0.2, 0.25) is 0 Å². The Labute approximate surface area is 116 Å². The van der Waals surface area contributed by atoms with Gasteiger partial charge in [0, 0.05) is 18.1 Å². The minimum atomic E-state index is -0.627. The molecule has 0 aromatic heterocycles. The summed E-state index contributed by atoms with van der Waals surface area (Å²) in [5, 5.41) is 18.0. The second-order valence-electron chi connectivity index (χ2n) is 4.42. The van der Waals surface area contributed by atoms with E-state index in [-0.39, 0.29) is 12.5 Å². The Balaban J connectivity index is 0.000000121. The Bertz CT molecular complexity index is 586. The predicted octanol–water partition coefficient (Wildman–Crippen LogP) is 2.06. The fraction of sp³-hybridized carbons (Fsp3) is 0.200. The Morgan fingerprint density at radius 1 is 0.950 bits per heavy atom. The van der Waals surface area contributed by atoms with Crippen LogP contribution >= 0.6 is 0 Å². The lowest BCUT2D eigenvalue weighted by Crippen LogP contribution is -2.09. The number of ether oxygens (including phenoxy) is 3. The largest absolute Gasteiger partial charge is 0.508 e. The monoisotopic (exact) mass is 274 g/mol. The summed E-state index contributed by atoms with van der Waals surface area (Å²) in [7, 11) is 0. The first kappa shape index (κ1) is 12.6. The lowest BCUT2D eigenvalue weighted by molar-refractivity contribution is 0.00215. The van der Waals surface area contributed by atoms with Gasteiger partial charge in [-0.25, -0.2) is 0 Å². The molecule has 1 unspecified atom stereocenters. The van der Waals surface area contributed by atoms with Crippen LogP contribution in [0.4, 0.5) is 0 Å². The first-order valence-electron chi connectivity index (χ1n) is 6.23. The molecule has 0 spiro atoms. The van der Waals surface area contributed by atoms with Crippen LogP contribution in [0.5, 0.6) is 23.0 Å². The van der Waals surface area contributed by atoms with Gasteiger partial charge in [-0.05, 0) is 18.2 Å². The molecule has 20 heavy (non-hydrogen) atoms. The number of aromatic hydroxyl groups is 1. The minimum absolute atomic E-state index is 0.198. The molecule has 0 saturated carbocycles. The summed E-state index contributed by atoms with van der Waals surface area (Å²) in [4.78, 5) is 0. The summed E-state index contributed by atoms with van der Waals surface area (Å²) in [6.45, 7) is 0.249. The number of hydrogen-bond donors (Lipinski definition) is 2. The Kier molecular flexibility index (Phi) is 3.35. The van der Waals surface area contributed by atoms with Gasteiger partial charge in [0.15, 0.2) is 11.5 Å². The van der Waals surface area contributed by atoms with Crippen LogP contribution in [0.25, 0.3) is 0 Å². The van der Waals surface area contributed by atoms with Crippen molar-refractivity contribution in [2.75, 3.05) is 6.79 Å². The van der Waals surface area contributed by atoms with E-state index in [1.807, 2.05) is 24.3 Å². The molecule has 0 bridgehead atoms. The summed E-state index contributed by atoms with van der Waals surface area (Å²) in [6, 6.07) is 12.4. The van der Waals surface area contributed by atoms with Crippen molar-refractivity contribution in [3.05, 3.63) is 48.0 Å². The topological polar surface area (TPSA) is 68.2 Å². The fourth-order valence-electron chi connectivity index (χ4n) is 2.05. The molecule has 2 aliphatic heterocycles. The van der Waals surface area contributed by atoms with Crippen LogP contribution in [-0.2, 0) is 6.42 Å². The third-order valence-electron chi connectivity index (χ3n) is 2.99. The first-order chi connectivity index (χ1) is 9.72. The molecule has 2 aliphatic rings. The molecule has 0 aliphatic carbocycles. The summed E-state index contributed by atoms with van der Waals surface area (Å²) in [5.41, 5.74) is 1.09. The van der Waals surface area contributed by atoms with Crippen LogP contribution in [-0.4, -0.2) is 23.3 Å². The average Bonchev–Trinajstić information content (AvgIpc) is 3.03. The lowest BCUT2D eigenvalue weighted by atomic mass is 10.2. The van der Waals surface area contributed by atoms with E-state index >= 15 is 0 Å². The van der Waals surface area contributed by atoms with E-state index in [0.29, 0.717) is 17.9 Å². The van der Waals surface area contributed by atoms with Gasteiger partial charge in [-0.15, -0.1) is 0 Å². The smallest absolute Gasteiger partial charge is 0.231 e. The number of fused-ring (bicyclic) bond motifs is 2. The molecule has 1 atom stereocenters. The number of phenols is 1. The van der Waals surface area contributed by atoms with Crippen LogP contribution in [0.3, 0.4) is 0 Å². The zero-order valence-corrected chi connectivity index (χ0v) is 10.7. The molecule has 2 heterocycles. The first-order valence-corrected chi connectivity index (χ1v) is 6.23. The third kappa shape index (κ3) is 2.62. The zero-order valence-electron chi connectivity index (χ0n) is 10.7. The summed E-state index contributed by atoms with van der Waals surface area (Å²) in [5.74, 6) is 2.32. The summed E-state index contributed by atoms with van der Waals surface area (Å²) < 4.78 is 15.1. The highest BCUT2D eigenvalue weighted by Crippen LogP contribution is 2.34. The van der Waals surface area contributed by atoms with Crippen LogP contribution in [0.1, 0.15) is 5.56 Å². The molecule has 0 fully saturated rings. The van der Waals surface area contributed by atoms with Gasteiger partial charge in [-0.2, -0.15) is 0 Å². The van der Waals surface area contributed by atoms with E-state index < -0.39 is 6.29 Å². The maximum Gasteiger partial charge on any atom is 0.231 e. The highest BCUT2D eigenvalue weighted by atomic mass is 16.7. The maximum absolute atomic E-state index is 9.03. The SMILES string of the molecule is OC1Cc2ccccc2O1.Oc1ccc2c(c1)OCO2. The molecule has 2 aromatic rings. The van der Waals surface area contributed by atoms with E-state index in [2.05, 4.69) is 0 Å². The van der Waals surface area contributed by atoms with Gasteiger partial charge < -0.3 is 24.4 Å². The summed E-state index contributed by atoms with van der Waals surface area (Å²) >= 11 is 0. The van der Waals surface area contributed by atoms with Gasteiger partial charge in [-0.3, -0.25) is 0 Å². The Morgan fingerprint density at radius 2 is 1.75 bits per heavy atom. The maximum atomic E-state index is 9.03. The number of para-hydroxylation sites is 1. The van der Waals surface area contributed by atoms with Crippen molar-refractivity contribution >= 4 is 0 Å². The molecule has 2 aromatic carbocycles. The normalized spacial score (nSPS) is 17.8. The van der Waals surface area contributed by atoms with Crippen molar-refractivity contribution in [1.29, 1.82) is 0 Å². The van der Waals surface area contributed by atoms with E-state index in [1.165, 1.54) is 6.07 Å². The van der Waals surface area contributed by atoms with Crippen LogP contribution < -0.4 is 14.2 Å². The number of aliphatic hydroxyl groups excluding tert-OH is 1. The van der Waals surface area contributed by atoms with E-state index in [9.17, 15) is 0 Å². The molecule has 5 heteroatoms. The minimum Gasteiger partial charge on any atom is -0.508 e. The van der Waals surface area contributed by atoms with Crippen molar-refractivity contribution in [2.45, 2.75) is 12.7 Å². The van der Waals surface area contributed by atoms with Gasteiger partial charge in [0.25, 0.3) is 0 Å². The highest BCUT2D eigenvalue weighted by Gasteiger charge is 2.18. The molecule has 0 saturated heterocycles. The number of aliphatic hydroxyl groups is 1. The van der Waals surface area contributed by atoms with E-state index in [4.69, 9.17) is 24.4 Å².